The van der Waals surface area contributed by atoms with Crippen LogP contribution < -0.4 is 16.6 Å². The van der Waals surface area contributed by atoms with Gasteiger partial charge in [0.2, 0.25) is 5.91 Å². The summed E-state index contributed by atoms with van der Waals surface area (Å²) >= 11 is 0. The molecule has 118 valence electrons. The SMILES string of the molecule is NC(=O)N1CCC[C@@H](C(=O)NNC(=O)c2ccccc2F)C1. The van der Waals surface area contributed by atoms with Gasteiger partial charge in [-0.1, -0.05) is 12.1 Å². The van der Waals surface area contributed by atoms with Gasteiger partial charge in [0.25, 0.3) is 5.91 Å². The van der Waals surface area contributed by atoms with E-state index in [1.54, 1.807) is 0 Å². The lowest BCUT2D eigenvalue weighted by Crippen LogP contribution is -2.51. The van der Waals surface area contributed by atoms with E-state index in [2.05, 4.69) is 10.9 Å². The molecule has 0 aromatic heterocycles. The maximum absolute atomic E-state index is 13.4. The van der Waals surface area contributed by atoms with Gasteiger partial charge in [-0.25, -0.2) is 9.18 Å². The maximum Gasteiger partial charge on any atom is 0.314 e. The van der Waals surface area contributed by atoms with Gasteiger partial charge in [-0.15, -0.1) is 0 Å². The number of nitrogens with two attached hydrogens (primary N) is 1. The van der Waals surface area contributed by atoms with Crippen LogP contribution in [0, 0.1) is 11.7 Å². The molecule has 0 aliphatic carbocycles. The quantitative estimate of drug-likeness (QED) is 0.688. The molecule has 1 saturated heterocycles. The third-order valence-corrected chi connectivity index (χ3v) is 3.52. The molecule has 0 saturated carbocycles. The zero-order chi connectivity index (χ0) is 16.1. The number of primary amides is 1. The summed E-state index contributed by atoms with van der Waals surface area (Å²) in [4.78, 5) is 36.3. The Kier molecular flexibility index (Phi) is 4.92. The van der Waals surface area contributed by atoms with Crippen LogP contribution in [0.1, 0.15) is 23.2 Å². The zero-order valence-corrected chi connectivity index (χ0v) is 11.8. The average molecular weight is 308 g/mol. The Morgan fingerprint density at radius 2 is 1.95 bits per heavy atom. The molecule has 0 unspecified atom stereocenters. The van der Waals surface area contributed by atoms with Gasteiger partial charge >= 0.3 is 6.03 Å². The largest absolute Gasteiger partial charge is 0.351 e. The van der Waals surface area contributed by atoms with Crippen molar-refractivity contribution in [1.82, 2.24) is 15.8 Å². The second kappa shape index (κ2) is 6.88. The topological polar surface area (TPSA) is 105 Å². The highest BCUT2D eigenvalue weighted by atomic mass is 19.1. The molecule has 22 heavy (non-hydrogen) atoms. The van der Waals surface area contributed by atoms with E-state index in [1.165, 1.54) is 23.1 Å². The molecule has 1 aromatic rings. The number of nitrogens with one attached hydrogen (secondary N) is 2. The van der Waals surface area contributed by atoms with Gasteiger partial charge in [0, 0.05) is 13.1 Å². The summed E-state index contributed by atoms with van der Waals surface area (Å²) in [5, 5.41) is 0. The molecule has 4 N–H and O–H groups in total. The predicted octanol–water partition coefficient (Wildman–Crippen LogP) is 0.377. The lowest BCUT2D eigenvalue weighted by molar-refractivity contribution is -0.127. The smallest absolute Gasteiger partial charge is 0.314 e. The Labute approximate surface area is 126 Å². The number of amides is 4. The van der Waals surface area contributed by atoms with Crippen molar-refractivity contribution >= 4 is 17.8 Å². The fraction of sp³-hybridized carbons (Fsp3) is 0.357. The molecule has 0 bridgehead atoms. The molecular formula is C14H17FN4O3. The van der Waals surface area contributed by atoms with E-state index in [0.29, 0.717) is 19.4 Å². The number of nitrogens with zero attached hydrogens (tertiary/aromatic N) is 1. The lowest BCUT2D eigenvalue weighted by atomic mass is 9.98. The first-order valence-corrected chi connectivity index (χ1v) is 6.88. The first kappa shape index (κ1) is 15.7. The van der Waals surface area contributed by atoms with Crippen molar-refractivity contribution in [3.05, 3.63) is 35.6 Å². The fourth-order valence-electron chi connectivity index (χ4n) is 2.32. The minimum Gasteiger partial charge on any atom is -0.351 e. The molecule has 1 fully saturated rings. The van der Waals surface area contributed by atoms with Crippen LogP contribution in [0.15, 0.2) is 24.3 Å². The van der Waals surface area contributed by atoms with Crippen molar-refractivity contribution in [2.24, 2.45) is 11.7 Å². The first-order valence-electron chi connectivity index (χ1n) is 6.88. The van der Waals surface area contributed by atoms with Crippen molar-refractivity contribution in [2.45, 2.75) is 12.8 Å². The lowest BCUT2D eigenvalue weighted by Gasteiger charge is -2.30. The van der Waals surface area contributed by atoms with Crippen molar-refractivity contribution in [1.29, 1.82) is 0 Å². The summed E-state index contributed by atoms with van der Waals surface area (Å²) < 4.78 is 13.4. The predicted molar refractivity (Wildman–Crippen MR) is 75.9 cm³/mol. The van der Waals surface area contributed by atoms with E-state index >= 15 is 0 Å². The van der Waals surface area contributed by atoms with Crippen LogP contribution in [0.2, 0.25) is 0 Å². The minimum atomic E-state index is -0.742. The number of benzene rings is 1. The molecular weight excluding hydrogens is 291 g/mol. The molecule has 1 aromatic carbocycles. The van der Waals surface area contributed by atoms with Crippen LogP contribution in [0.5, 0.6) is 0 Å². The van der Waals surface area contributed by atoms with E-state index in [4.69, 9.17) is 5.73 Å². The van der Waals surface area contributed by atoms with Gasteiger partial charge in [-0.05, 0) is 25.0 Å². The molecule has 1 heterocycles. The van der Waals surface area contributed by atoms with E-state index in [-0.39, 0.29) is 12.1 Å². The molecule has 1 atom stereocenters. The van der Waals surface area contributed by atoms with Gasteiger partial charge in [0.05, 0.1) is 11.5 Å². The van der Waals surface area contributed by atoms with Crippen LogP contribution in [-0.4, -0.2) is 35.8 Å². The zero-order valence-electron chi connectivity index (χ0n) is 11.8. The Morgan fingerprint density at radius 3 is 2.64 bits per heavy atom. The van der Waals surface area contributed by atoms with Gasteiger partial charge in [-0.2, -0.15) is 0 Å². The normalized spacial score (nSPS) is 17.7. The van der Waals surface area contributed by atoms with Gasteiger partial charge in [0.15, 0.2) is 0 Å². The van der Waals surface area contributed by atoms with Gasteiger partial charge < -0.3 is 10.6 Å². The first-order chi connectivity index (χ1) is 10.5. The second-order valence-corrected chi connectivity index (χ2v) is 5.05. The van der Waals surface area contributed by atoms with Crippen LogP contribution in [0.4, 0.5) is 9.18 Å². The highest BCUT2D eigenvalue weighted by Crippen LogP contribution is 2.16. The molecule has 2 rings (SSSR count). The highest BCUT2D eigenvalue weighted by Gasteiger charge is 2.27. The average Bonchev–Trinajstić information content (AvgIpc) is 2.52. The Hall–Kier alpha value is -2.64. The number of likely N-dealkylation sites (tertiary alicyclic amines) is 1. The Balaban J connectivity index is 1.89. The Morgan fingerprint density at radius 1 is 1.23 bits per heavy atom. The van der Waals surface area contributed by atoms with Gasteiger partial charge in [0.1, 0.15) is 5.82 Å². The molecule has 4 amide bonds. The van der Waals surface area contributed by atoms with Crippen molar-refractivity contribution in [3.63, 3.8) is 0 Å². The number of hydrazine groups is 1. The number of hydrogen-bond donors (Lipinski definition) is 3. The molecule has 0 radical (unpaired) electrons. The third-order valence-electron chi connectivity index (χ3n) is 3.52. The van der Waals surface area contributed by atoms with E-state index in [9.17, 15) is 18.8 Å². The summed E-state index contributed by atoms with van der Waals surface area (Å²) in [5.74, 6) is -2.31. The summed E-state index contributed by atoms with van der Waals surface area (Å²) in [6.07, 6.45) is 1.24. The molecule has 8 heteroatoms. The summed E-state index contributed by atoms with van der Waals surface area (Å²) in [7, 11) is 0. The standard InChI is InChI=1S/C14H17FN4O3/c15-11-6-2-1-5-10(11)13(21)18-17-12(20)9-4-3-7-19(8-9)14(16)22/h1-2,5-6,9H,3-4,7-8H2,(H2,16,22)(H,17,20)(H,18,21)/t9-/m1/s1. The van der Waals surface area contributed by atoms with Crippen molar-refractivity contribution < 1.29 is 18.8 Å². The van der Waals surface area contributed by atoms with Crippen LogP contribution >= 0.6 is 0 Å². The third kappa shape index (κ3) is 3.72. The maximum atomic E-state index is 13.4. The number of piperidine rings is 1. The van der Waals surface area contributed by atoms with Crippen molar-refractivity contribution in [2.75, 3.05) is 13.1 Å². The number of hydrogen-bond acceptors (Lipinski definition) is 3. The Bertz CT molecular complexity index is 593. The molecule has 7 nitrogen and oxygen atoms in total. The molecule has 1 aliphatic heterocycles. The molecule has 1 aliphatic rings. The number of urea groups is 1. The van der Waals surface area contributed by atoms with Crippen LogP contribution in [-0.2, 0) is 4.79 Å². The summed E-state index contributed by atoms with van der Waals surface area (Å²) in [6.45, 7) is 0.720. The second-order valence-electron chi connectivity index (χ2n) is 5.05. The van der Waals surface area contributed by atoms with Crippen LogP contribution in [0.3, 0.4) is 0 Å². The number of carbonyl (C=O) groups excluding carboxylic acids is 3. The summed E-state index contributed by atoms with van der Waals surface area (Å²) in [5.41, 5.74) is 9.45. The number of halogens is 1. The molecule has 0 spiro atoms. The monoisotopic (exact) mass is 308 g/mol. The van der Waals surface area contributed by atoms with Gasteiger partial charge in [-0.3, -0.25) is 20.4 Å². The van der Waals surface area contributed by atoms with E-state index < -0.39 is 29.6 Å². The number of rotatable bonds is 2. The van der Waals surface area contributed by atoms with Crippen LogP contribution in [0.25, 0.3) is 0 Å². The highest BCUT2D eigenvalue weighted by molar-refractivity contribution is 5.95. The van der Waals surface area contributed by atoms with Crippen molar-refractivity contribution in [3.8, 4) is 0 Å². The minimum absolute atomic E-state index is 0.162. The fourth-order valence-corrected chi connectivity index (χ4v) is 2.32. The number of carbonyl (C=O) groups is 3. The van der Waals surface area contributed by atoms with E-state index in [0.717, 1.165) is 6.07 Å². The summed E-state index contributed by atoms with van der Waals surface area (Å²) in [6, 6.07) is 4.87. The van der Waals surface area contributed by atoms with E-state index in [1.807, 2.05) is 0 Å².